The predicted molar refractivity (Wildman–Crippen MR) is 80.7 cm³/mol. The molecule has 2 nitrogen and oxygen atoms in total. The monoisotopic (exact) mass is 322 g/mol. The molecule has 0 bridgehead atoms. The molecule has 3 rings (SSSR count). The minimum absolute atomic E-state index is 0.615. The lowest BCUT2D eigenvalue weighted by atomic mass is 10.1. The molecular formula is C16H13F3N2S. The van der Waals surface area contributed by atoms with Crippen LogP contribution in [0.2, 0.25) is 0 Å². The quantitative estimate of drug-likeness (QED) is 0.670. The van der Waals surface area contributed by atoms with Gasteiger partial charge in [-0.2, -0.15) is 18.3 Å². The Kier molecular flexibility index (Phi) is 4.02. The molecule has 0 saturated heterocycles. The minimum atomic E-state index is -4.28. The van der Waals surface area contributed by atoms with Crippen LogP contribution in [0.15, 0.2) is 54.0 Å². The van der Waals surface area contributed by atoms with Crippen LogP contribution in [-0.4, -0.2) is 9.78 Å². The Morgan fingerprint density at radius 2 is 1.82 bits per heavy atom. The summed E-state index contributed by atoms with van der Waals surface area (Å²) in [7, 11) is 0. The van der Waals surface area contributed by atoms with Crippen molar-refractivity contribution in [2.75, 3.05) is 0 Å². The lowest BCUT2D eigenvalue weighted by Gasteiger charge is -2.07. The van der Waals surface area contributed by atoms with E-state index < -0.39 is 11.7 Å². The number of rotatable bonds is 4. The predicted octanol–water partition coefficient (Wildman–Crippen LogP) is 4.87. The van der Waals surface area contributed by atoms with Crippen LogP contribution in [0.4, 0.5) is 13.2 Å². The van der Waals surface area contributed by atoms with Gasteiger partial charge in [-0.25, -0.2) is 0 Å². The maximum absolute atomic E-state index is 12.5. The van der Waals surface area contributed by atoms with Crippen molar-refractivity contribution in [3.63, 3.8) is 0 Å². The van der Waals surface area contributed by atoms with Gasteiger partial charge in [0, 0.05) is 12.7 Å². The van der Waals surface area contributed by atoms with Crippen molar-refractivity contribution in [1.82, 2.24) is 9.78 Å². The average molecular weight is 322 g/mol. The Morgan fingerprint density at radius 3 is 2.45 bits per heavy atom. The third-order valence-corrected chi connectivity index (χ3v) is 4.22. The summed E-state index contributed by atoms with van der Waals surface area (Å²) in [5, 5.41) is 6.47. The van der Waals surface area contributed by atoms with Gasteiger partial charge in [0.1, 0.15) is 5.69 Å². The number of thiophene rings is 1. The van der Waals surface area contributed by atoms with E-state index in [2.05, 4.69) is 5.10 Å². The van der Waals surface area contributed by atoms with E-state index in [0.29, 0.717) is 13.0 Å². The van der Waals surface area contributed by atoms with Crippen molar-refractivity contribution in [2.24, 2.45) is 0 Å². The summed E-state index contributed by atoms with van der Waals surface area (Å²) in [5.74, 6) is 0. The molecule has 0 N–H and O–H groups in total. The first-order valence-corrected chi connectivity index (χ1v) is 7.64. The van der Waals surface area contributed by atoms with Crippen LogP contribution in [0.5, 0.6) is 0 Å². The van der Waals surface area contributed by atoms with E-state index in [1.165, 1.54) is 12.1 Å². The molecule has 114 valence electrons. The number of aromatic nitrogens is 2. The summed E-state index contributed by atoms with van der Waals surface area (Å²) < 4.78 is 39.3. The summed E-state index contributed by atoms with van der Waals surface area (Å²) in [5.41, 5.74) is 1.17. The van der Waals surface area contributed by atoms with Gasteiger partial charge >= 0.3 is 6.18 Å². The van der Waals surface area contributed by atoms with Gasteiger partial charge in [-0.15, -0.1) is 11.3 Å². The zero-order valence-electron chi connectivity index (χ0n) is 11.5. The zero-order valence-corrected chi connectivity index (χ0v) is 12.4. The average Bonchev–Trinajstić information content (AvgIpc) is 3.15. The number of nitrogens with zero attached hydrogens (tertiary/aromatic N) is 2. The number of alkyl halides is 3. The topological polar surface area (TPSA) is 17.8 Å². The number of halogens is 3. The van der Waals surface area contributed by atoms with E-state index in [1.54, 1.807) is 11.3 Å². The lowest BCUT2D eigenvalue weighted by Crippen LogP contribution is -2.05. The third-order valence-electron chi connectivity index (χ3n) is 3.33. The molecule has 0 atom stereocenters. The Hall–Kier alpha value is -2.08. The molecule has 1 aromatic carbocycles. The van der Waals surface area contributed by atoms with E-state index in [9.17, 15) is 13.2 Å². The number of aryl methyl sites for hydroxylation is 2. The highest BCUT2D eigenvalue weighted by Crippen LogP contribution is 2.29. The van der Waals surface area contributed by atoms with Crippen LogP contribution in [-0.2, 0) is 19.1 Å². The fraction of sp³-hybridized carbons (Fsp3) is 0.188. The molecule has 0 aliphatic heterocycles. The number of benzene rings is 1. The first-order chi connectivity index (χ1) is 10.5. The Morgan fingerprint density at radius 1 is 1.05 bits per heavy atom. The molecule has 2 heterocycles. The fourth-order valence-electron chi connectivity index (χ4n) is 2.15. The molecule has 0 amide bonds. The van der Waals surface area contributed by atoms with Gasteiger partial charge in [-0.3, -0.25) is 4.68 Å². The van der Waals surface area contributed by atoms with Crippen LogP contribution >= 0.6 is 11.3 Å². The second-order valence-electron chi connectivity index (χ2n) is 4.89. The van der Waals surface area contributed by atoms with Gasteiger partial charge in [-0.05, 0) is 41.6 Å². The second-order valence-corrected chi connectivity index (χ2v) is 5.83. The van der Waals surface area contributed by atoms with Gasteiger partial charge in [0.15, 0.2) is 0 Å². The van der Waals surface area contributed by atoms with Crippen molar-refractivity contribution in [3.05, 3.63) is 65.2 Å². The molecule has 0 saturated carbocycles. The molecule has 0 fully saturated rings. The minimum Gasteiger partial charge on any atom is -0.272 e. The molecule has 3 aromatic rings. The smallest absolute Gasteiger partial charge is 0.272 e. The van der Waals surface area contributed by atoms with Crippen molar-refractivity contribution in [3.8, 4) is 10.6 Å². The summed E-state index contributed by atoms with van der Waals surface area (Å²) in [4.78, 5) is 1.10. The highest BCUT2D eigenvalue weighted by molar-refractivity contribution is 7.13. The van der Waals surface area contributed by atoms with Gasteiger partial charge in [0.05, 0.1) is 10.4 Å². The van der Waals surface area contributed by atoms with E-state index in [1.807, 2.05) is 34.5 Å². The molecule has 22 heavy (non-hydrogen) atoms. The number of hydrogen-bond acceptors (Lipinski definition) is 2. The van der Waals surface area contributed by atoms with Gasteiger partial charge in [0.2, 0.25) is 0 Å². The molecule has 0 radical (unpaired) electrons. The van der Waals surface area contributed by atoms with E-state index in [-0.39, 0.29) is 0 Å². The van der Waals surface area contributed by atoms with Crippen LogP contribution in [0, 0.1) is 0 Å². The first-order valence-electron chi connectivity index (χ1n) is 6.76. The number of hydrogen-bond donors (Lipinski definition) is 0. The van der Waals surface area contributed by atoms with Crippen LogP contribution in [0.25, 0.3) is 10.6 Å². The maximum atomic E-state index is 12.5. The largest absolute Gasteiger partial charge is 0.416 e. The Bertz CT molecular complexity index is 728. The SMILES string of the molecule is FC(F)(F)c1ccc(CCn2ccc(-c3cccs3)n2)cc1. The van der Waals surface area contributed by atoms with Gasteiger partial charge in [-0.1, -0.05) is 18.2 Å². The Labute approximate surface area is 129 Å². The van der Waals surface area contributed by atoms with E-state index in [0.717, 1.165) is 28.3 Å². The van der Waals surface area contributed by atoms with Gasteiger partial charge in [0.25, 0.3) is 0 Å². The molecule has 6 heteroatoms. The molecule has 0 aliphatic carbocycles. The van der Waals surface area contributed by atoms with Crippen molar-refractivity contribution < 1.29 is 13.2 Å². The third kappa shape index (κ3) is 3.39. The van der Waals surface area contributed by atoms with E-state index >= 15 is 0 Å². The van der Waals surface area contributed by atoms with Crippen LogP contribution in [0.3, 0.4) is 0 Å². The summed E-state index contributed by atoms with van der Waals surface area (Å²) in [6.07, 6.45) is -1.75. The van der Waals surface area contributed by atoms with Crippen molar-refractivity contribution >= 4 is 11.3 Å². The standard InChI is InChI=1S/C16H13F3N2S/c17-16(18,19)13-5-3-12(4-6-13)7-9-21-10-8-14(20-21)15-2-1-11-22-15/h1-6,8,10-11H,7,9H2. The molecule has 0 aliphatic rings. The highest BCUT2D eigenvalue weighted by Gasteiger charge is 2.29. The van der Waals surface area contributed by atoms with Crippen molar-refractivity contribution in [1.29, 1.82) is 0 Å². The van der Waals surface area contributed by atoms with Crippen LogP contribution in [0.1, 0.15) is 11.1 Å². The van der Waals surface area contributed by atoms with E-state index in [4.69, 9.17) is 0 Å². The zero-order chi connectivity index (χ0) is 15.6. The Balaban J connectivity index is 1.63. The summed E-state index contributed by atoms with van der Waals surface area (Å²) in [6.45, 7) is 0.636. The molecular weight excluding hydrogens is 309 g/mol. The van der Waals surface area contributed by atoms with Gasteiger partial charge < -0.3 is 0 Å². The summed E-state index contributed by atoms with van der Waals surface area (Å²) >= 11 is 1.63. The normalized spacial score (nSPS) is 11.8. The molecule has 0 unspecified atom stereocenters. The molecule has 2 aromatic heterocycles. The van der Waals surface area contributed by atoms with Crippen molar-refractivity contribution in [2.45, 2.75) is 19.1 Å². The maximum Gasteiger partial charge on any atom is 0.416 e. The highest BCUT2D eigenvalue weighted by atomic mass is 32.1. The second kappa shape index (κ2) is 5.96. The molecule has 0 spiro atoms. The fourth-order valence-corrected chi connectivity index (χ4v) is 2.84. The first kappa shape index (κ1) is 14.8. The lowest BCUT2D eigenvalue weighted by molar-refractivity contribution is -0.137. The summed E-state index contributed by atoms with van der Waals surface area (Å²) in [6, 6.07) is 11.2. The van der Waals surface area contributed by atoms with Crippen LogP contribution < -0.4 is 0 Å².